The van der Waals surface area contributed by atoms with Crippen molar-refractivity contribution >= 4 is 22.9 Å². The second-order valence-corrected chi connectivity index (χ2v) is 5.47. The van der Waals surface area contributed by atoms with Crippen LogP contribution in [0.1, 0.15) is 23.2 Å². The summed E-state index contributed by atoms with van der Waals surface area (Å²) in [5.41, 5.74) is 10.3. The Morgan fingerprint density at radius 2 is 2.10 bits per heavy atom. The van der Waals surface area contributed by atoms with Gasteiger partial charge in [0.2, 0.25) is 0 Å². The van der Waals surface area contributed by atoms with E-state index >= 15 is 0 Å². The molecular weight excluding hydrogens is 266 g/mol. The molecule has 2 N–H and O–H groups in total. The highest BCUT2D eigenvalue weighted by Gasteiger charge is 2.18. The monoisotopic (exact) mass is 283 g/mol. The number of pyridine rings is 1. The first kappa shape index (κ1) is 13.1. The van der Waals surface area contributed by atoms with Crippen LogP contribution in [0, 0.1) is 0 Å². The number of nitrogens with zero attached hydrogens (tertiary/aromatic N) is 2. The Kier molecular flexibility index (Phi) is 3.65. The molecule has 2 aromatic rings. The lowest BCUT2D eigenvalue weighted by molar-refractivity contribution is 0.690. The SMILES string of the molecule is NC(=S)c1ncccc1CN1CCCc2ccccc21. The number of fused-ring (bicyclic) bond motifs is 1. The van der Waals surface area contributed by atoms with Crippen molar-refractivity contribution in [2.45, 2.75) is 19.4 Å². The average molecular weight is 283 g/mol. The standard InChI is InChI=1S/C16H17N3S/c17-16(20)15-13(6-3-9-18-15)11-19-10-4-7-12-5-1-2-8-14(12)19/h1-3,5-6,8-9H,4,7,10-11H2,(H2,17,20). The molecule has 1 aliphatic heterocycles. The summed E-state index contributed by atoms with van der Waals surface area (Å²) in [5, 5.41) is 0. The number of thiocarbonyl (C=S) groups is 1. The highest BCUT2D eigenvalue weighted by Crippen LogP contribution is 2.28. The van der Waals surface area contributed by atoms with Gasteiger partial charge < -0.3 is 10.6 Å². The molecule has 3 nitrogen and oxygen atoms in total. The molecule has 102 valence electrons. The Labute approximate surface area is 124 Å². The molecule has 4 heteroatoms. The van der Waals surface area contributed by atoms with Crippen molar-refractivity contribution in [3.05, 3.63) is 59.4 Å². The molecule has 0 unspecified atom stereocenters. The van der Waals surface area contributed by atoms with Crippen LogP contribution in [0.5, 0.6) is 0 Å². The first-order valence-electron chi connectivity index (χ1n) is 6.82. The fourth-order valence-corrected chi connectivity index (χ4v) is 2.95. The molecule has 0 amide bonds. The van der Waals surface area contributed by atoms with Crippen LogP contribution in [0.4, 0.5) is 5.69 Å². The highest BCUT2D eigenvalue weighted by atomic mass is 32.1. The van der Waals surface area contributed by atoms with Crippen LogP contribution in [-0.2, 0) is 13.0 Å². The summed E-state index contributed by atoms with van der Waals surface area (Å²) in [6.45, 7) is 1.86. The van der Waals surface area contributed by atoms with Crippen LogP contribution in [0.3, 0.4) is 0 Å². The van der Waals surface area contributed by atoms with Crippen LogP contribution in [0.25, 0.3) is 0 Å². The minimum Gasteiger partial charge on any atom is -0.388 e. The maximum Gasteiger partial charge on any atom is 0.123 e. The van der Waals surface area contributed by atoms with Gasteiger partial charge in [-0.1, -0.05) is 36.5 Å². The van der Waals surface area contributed by atoms with Gasteiger partial charge in [0.15, 0.2) is 0 Å². The molecule has 2 heterocycles. The number of aryl methyl sites for hydroxylation is 1. The predicted molar refractivity (Wildman–Crippen MR) is 85.9 cm³/mol. The summed E-state index contributed by atoms with van der Waals surface area (Å²) in [7, 11) is 0. The van der Waals surface area contributed by atoms with Gasteiger partial charge in [-0.25, -0.2) is 0 Å². The van der Waals surface area contributed by atoms with Gasteiger partial charge in [0.05, 0.1) is 0 Å². The average Bonchev–Trinajstić information content (AvgIpc) is 2.48. The summed E-state index contributed by atoms with van der Waals surface area (Å²) in [5.74, 6) is 0. The molecule has 0 aliphatic carbocycles. The van der Waals surface area contributed by atoms with Crippen LogP contribution in [0.2, 0.25) is 0 Å². The predicted octanol–water partition coefficient (Wildman–Crippen LogP) is 2.67. The molecule has 0 atom stereocenters. The van der Waals surface area contributed by atoms with Crippen LogP contribution < -0.4 is 10.6 Å². The van der Waals surface area contributed by atoms with E-state index in [2.05, 4.69) is 40.2 Å². The Bertz CT molecular complexity index is 639. The number of rotatable bonds is 3. The minimum atomic E-state index is 0.367. The molecule has 1 aromatic heterocycles. The molecule has 0 bridgehead atoms. The number of aromatic nitrogens is 1. The molecule has 3 rings (SSSR count). The van der Waals surface area contributed by atoms with E-state index in [0.29, 0.717) is 4.99 Å². The van der Waals surface area contributed by atoms with Crippen LogP contribution in [-0.4, -0.2) is 16.5 Å². The number of hydrogen-bond acceptors (Lipinski definition) is 3. The fourth-order valence-electron chi connectivity index (χ4n) is 2.77. The summed E-state index contributed by atoms with van der Waals surface area (Å²) in [4.78, 5) is 7.06. The molecular formula is C16H17N3S. The Morgan fingerprint density at radius 1 is 1.25 bits per heavy atom. The van der Waals surface area contributed by atoms with Crippen LogP contribution in [0.15, 0.2) is 42.6 Å². The fraction of sp³-hybridized carbons (Fsp3) is 0.250. The first-order chi connectivity index (χ1) is 9.75. The van der Waals surface area contributed by atoms with Gasteiger partial charge in [-0.05, 0) is 30.5 Å². The van der Waals surface area contributed by atoms with E-state index < -0.39 is 0 Å². The third-order valence-corrected chi connectivity index (χ3v) is 3.89. The number of hydrogen-bond donors (Lipinski definition) is 1. The largest absolute Gasteiger partial charge is 0.388 e. The maximum absolute atomic E-state index is 5.76. The summed E-state index contributed by atoms with van der Waals surface area (Å²) >= 11 is 5.09. The summed E-state index contributed by atoms with van der Waals surface area (Å²) < 4.78 is 0. The zero-order chi connectivity index (χ0) is 13.9. The lowest BCUT2D eigenvalue weighted by Crippen LogP contribution is -2.30. The van der Waals surface area contributed by atoms with Crippen molar-refractivity contribution in [1.29, 1.82) is 0 Å². The third kappa shape index (κ3) is 2.51. The van der Waals surface area contributed by atoms with Crippen molar-refractivity contribution < 1.29 is 0 Å². The normalized spacial score (nSPS) is 13.9. The number of nitrogens with two attached hydrogens (primary N) is 1. The first-order valence-corrected chi connectivity index (χ1v) is 7.23. The van der Waals surface area contributed by atoms with Gasteiger partial charge >= 0.3 is 0 Å². The van der Waals surface area contributed by atoms with Crippen molar-refractivity contribution in [1.82, 2.24) is 4.98 Å². The number of benzene rings is 1. The topological polar surface area (TPSA) is 42.1 Å². The van der Waals surface area contributed by atoms with E-state index in [1.807, 2.05) is 6.07 Å². The molecule has 0 radical (unpaired) electrons. The van der Waals surface area contributed by atoms with E-state index in [0.717, 1.165) is 30.8 Å². The second kappa shape index (κ2) is 5.59. The molecule has 1 aromatic carbocycles. The van der Waals surface area contributed by atoms with Crippen LogP contribution >= 0.6 is 12.2 Å². The molecule has 0 fully saturated rings. The smallest absolute Gasteiger partial charge is 0.123 e. The summed E-state index contributed by atoms with van der Waals surface area (Å²) in [6, 6.07) is 12.6. The lowest BCUT2D eigenvalue weighted by atomic mass is 10.0. The summed E-state index contributed by atoms with van der Waals surface area (Å²) in [6.07, 6.45) is 4.07. The molecule has 20 heavy (non-hydrogen) atoms. The van der Waals surface area contributed by atoms with Crippen molar-refractivity contribution in [3.8, 4) is 0 Å². The van der Waals surface area contributed by atoms with E-state index in [9.17, 15) is 0 Å². The number of anilines is 1. The molecule has 0 spiro atoms. The second-order valence-electron chi connectivity index (χ2n) is 5.03. The van der Waals surface area contributed by atoms with E-state index in [4.69, 9.17) is 18.0 Å². The van der Waals surface area contributed by atoms with Crippen molar-refractivity contribution in [2.24, 2.45) is 5.73 Å². The van der Waals surface area contributed by atoms with Gasteiger partial charge in [-0.3, -0.25) is 4.98 Å². The van der Waals surface area contributed by atoms with Gasteiger partial charge in [-0.15, -0.1) is 0 Å². The Morgan fingerprint density at radius 3 is 2.95 bits per heavy atom. The van der Waals surface area contributed by atoms with E-state index in [1.165, 1.54) is 17.7 Å². The quantitative estimate of drug-likeness (QED) is 0.879. The van der Waals surface area contributed by atoms with E-state index in [-0.39, 0.29) is 0 Å². The van der Waals surface area contributed by atoms with Gasteiger partial charge in [0.1, 0.15) is 10.7 Å². The molecule has 0 saturated carbocycles. The zero-order valence-corrected chi connectivity index (χ0v) is 12.1. The van der Waals surface area contributed by atoms with Gasteiger partial charge in [0, 0.05) is 30.5 Å². The van der Waals surface area contributed by atoms with E-state index in [1.54, 1.807) is 6.20 Å². The minimum absolute atomic E-state index is 0.367. The van der Waals surface area contributed by atoms with Gasteiger partial charge in [-0.2, -0.15) is 0 Å². The molecule has 1 aliphatic rings. The van der Waals surface area contributed by atoms with Gasteiger partial charge in [0.25, 0.3) is 0 Å². The maximum atomic E-state index is 5.76. The molecule has 0 saturated heterocycles. The number of para-hydroxylation sites is 1. The Hall–Kier alpha value is -1.94. The lowest BCUT2D eigenvalue weighted by Gasteiger charge is -2.31. The highest BCUT2D eigenvalue weighted by molar-refractivity contribution is 7.80. The third-order valence-electron chi connectivity index (χ3n) is 3.69. The van der Waals surface area contributed by atoms with Crippen molar-refractivity contribution in [2.75, 3.05) is 11.4 Å². The van der Waals surface area contributed by atoms with Crippen molar-refractivity contribution in [3.63, 3.8) is 0 Å². The Balaban J connectivity index is 1.92. The zero-order valence-electron chi connectivity index (χ0n) is 11.2.